The maximum atomic E-state index is 14.0. The van der Waals surface area contributed by atoms with E-state index in [1.54, 1.807) is 20.9 Å². The topological polar surface area (TPSA) is 67.2 Å². The minimum Gasteiger partial charge on any atom is -0.351 e. The number of rotatable bonds is 4. The van der Waals surface area contributed by atoms with Gasteiger partial charge in [-0.25, -0.2) is 0 Å². The normalized spacial score (nSPS) is 21.3. The van der Waals surface area contributed by atoms with Crippen LogP contribution in [0.15, 0.2) is 41.8 Å². The van der Waals surface area contributed by atoms with E-state index in [2.05, 4.69) is 11.4 Å². The lowest BCUT2D eigenvalue weighted by atomic mass is 9.91. The molecule has 6 nitrogen and oxygen atoms in total. The number of amides is 2. The van der Waals surface area contributed by atoms with Gasteiger partial charge in [-0.05, 0) is 74.4 Å². The number of carbonyl (C=O) groups is 2. The zero-order chi connectivity index (χ0) is 24.6. The second kappa shape index (κ2) is 9.61. The fourth-order valence-corrected chi connectivity index (χ4v) is 6.23. The van der Waals surface area contributed by atoms with Crippen LogP contribution in [0.2, 0.25) is 0 Å². The molecular weight excluding hydrogens is 456 g/mol. The van der Waals surface area contributed by atoms with E-state index >= 15 is 0 Å². The summed E-state index contributed by atoms with van der Waals surface area (Å²) in [5.74, 6) is -0.290. The van der Waals surface area contributed by atoms with E-state index in [1.807, 2.05) is 56.5 Å². The van der Waals surface area contributed by atoms with Gasteiger partial charge in [-0.1, -0.05) is 44.2 Å². The summed E-state index contributed by atoms with van der Waals surface area (Å²) in [6, 6.07) is 12.1. The molecule has 3 aromatic rings. The lowest BCUT2D eigenvalue weighted by Gasteiger charge is -2.44. The molecule has 1 N–H and O–H groups in total. The van der Waals surface area contributed by atoms with Crippen LogP contribution in [0.5, 0.6) is 0 Å². The summed E-state index contributed by atoms with van der Waals surface area (Å²) in [5, 5.41) is 10.1. The number of nitrogens with zero attached hydrogens (tertiary/aromatic N) is 3. The quantitative estimate of drug-likeness (QED) is 0.497. The van der Waals surface area contributed by atoms with Crippen molar-refractivity contribution in [3.8, 4) is 10.6 Å². The number of benzene rings is 1. The van der Waals surface area contributed by atoms with Gasteiger partial charge in [0.1, 0.15) is 16.9 Å². The number of thiophene rings is 1. The summed E-state index contributed by atoms with van der Waals surface area (Å²) in [7, 11) is 0. The maximum Gasteiger partial charge on any atom is 0.277 e. The molecule has 0 bridgehead atoms. The van der Waals surface area contributed by atoms with Gasteiger partial charge in [0.15, 0.2) is 0 Å². The predicted octanol–water partition coefficient (Wildman–Crippen LogP) is 5.88. The Balaban J connectivity index is 1.54. The van der Waals surface area contributed by atoms with Crippen LogP contribution in [0, 0.1) is 13.8 Å². The Bertz CT molecular complexity index is 1200. The first kappa shape index (κ1) is 23.8. The highest BCUT2D eigenvalue weighted by Gasteiger charge is 2.49. The lowest BCUT2D eigenvalue weighted by Crippen LogP contribution is -2.65. The molecule has 1 saturated carbocycles. The Labute approximate surface area is 211 Å². The van der Waals surface area contributed by atoms with E-state index in [9.17, 15) is 9.59 Å². The number of aryl methyl sites for hydroxylation is 2. The third kappa shape index (κ3) is 4.66. The summed E-state index contributed by atoms with van der Waals surface area (Å²) in [6.07, 6.45) is 7.98. The Morgan fingerprint density at radius 1 is 1.06 bits per heavy atom. The van der Waals surface area contributed by atoms with Gasteiger partial charge < -0.3 is 5.32 Å². The molecule has 1 fully saturated rings. The molecule has 7 heteroatoms. The first-order valence-electron chi connectivity index (χ1n) is 12.7. The van der Waals surface area contributed by atoms with E-state index in [1.165, 1.54) is 19.3 Å². The van der Waals surface area contributed by atoms with Crippen molar-refractivity contribution in [1.82, 2.24) is 15.1 Å². The van der Waals surface area contributed by atoms with Gasteiger partial charge in [-0.15, -0.1) is 11.3 Å². The van der Waals surface area contributed by atoms with Crippen molar-refractivity contribution in [3.63, 3.8) is 0 Å². The average Bonchev–Trinajstić information content (AvgIpc) is 3.44. The van der Waals surface area contributed by atoms with Crippen LogP contribution >= 0.6 is 11.3 Å². The molecule has 3 heterocycles. The van der Waals surface area contributed by atoms with Gasteiger partial charge in [0, 0.05) is 11.7 Å². The minimum absolute atomic E-state index is 0.102. The van der Waals surface area contributed by atoms with Gasteiger partial charge in [0.05, 0.1) is 11.4 Å². The van der Waals surface area contributed by atoms with Crippen molar-refractivity contribution in [1.29, 1.82) is 0 Å². The fourth-order valence-electron chi connectivity index (χ4n) is 5.55. The first-order chi connectivity index (χ1) is 16.8. The maximum absolute atomic E-state index is 14.0. The molecule has 0 spiro atoms. The number of carbonyl (C=O) groups excluding carboxylic acids is 2. The minimum atomic E-state index is -1.09. The van der Waals surface area contributed by atoms with Gasteiger partial charge in [-0.2, -0.15) is 5.10 Å². The second-order valence-corrected chi connectivity index (χ2v) is 11.3. The van der Waals surface area contributed by atoms with Gasteiger partial charge in [0.2, 0.25) is 5.91 Å². The zero-order valence-electron chi connectivity index (χ0n) is 20.8. The molecule has 35 heavy (non-hydrogen) atoms. The number of nitrogens with one attached hydrogen (secondary N) is 1. The highest BCUT2D eigenvalue weighted by atomic mass is 32.1. The first-order valence-corrected chi connectivity index (χ1v) is 13.6. The largest absolute Gasteiger partial charge is 0.351 e. The monoisotopic (exact) mass is 490 g/mol. The standard InChI is InChI=1S/C28H34N4O2S/c1-19-14-20(2)16-22(15-19)32-26(33)24-17-23(25-12-9-13-35-25)30-31(24)18-28(32,3)27(34)29-21-10-7-5-4-6-8-11-21/h9,12-17,21H,4-8,10-11,18H2,1-3H3,(H,29,34). The Kier molecular flexibility index (Phi) is 6.53. The van der Waals surface area contributed by atoms with Crippen LogP contribution in [0.3, 0.4) is 0 Å². The van der Waals surface area contributed by atoms with E-state index < -0.39 is 5.54 Å². The van der Waals surface area contributed by atoms with Crippen LogP contribution in [-0.2, 0) is 11.3 Å². The Morgan fingerprint density at radius 2 is 1.74 bits per heavy atom. The fraction of sp³-hybridized carbons (Fsp3) is 0.464. The molecule has 1 atom stereocenters. The summed E-state index contributed by atoms with van der Waals surface area (Å²) in [6.45, 7) is 6.24. The Morgan fingerprint density at radius 3 is 2.40 bits per heavy atom. The smallest absolute Gasteiger partial charge is 0.277 e. The molecular formula is C28H34N4O2S. The number of anilines is 1. The van der Waals surface area contributed by atoms with Crippen molar-refractivity contribution in [2.24, 2.45) is 0 Å². The molecule has 1 unspecified atom stereocenters. The molecule has 1 aromatic carbocycles. The number of hydrogen-bond donors (Lipinski definition) is 1. The van der Waals surface area contributed by atoms with Gasteiger partial charge in [-0.3, -0.25) is 19.2 Å². The predicted molar refractivity (Wildman–Crippen MR) is 141 cm³/mol. The molecule has 2 aliphatic rings. The third-order valence-corrected chi connectivity index (χ3v) is 8.21. The van der Waals surface area contributed by atoms with Crippen LogP contribution in [0.1, 0.15) is 73.5 Å². The molecule has 1 aliphatic carbocycles. The number of hydrogen-bond acceptors (Lipinski definition) is 4. The molecule has 1 aliphatic heterocycles. The van der Waals surface area contributed by atoms with E-state index in [-0.39, 0.29) is 17.9 Å². The Hall–Kier alpha value is -2.93. The highest BCUT2D eigenvalue weighted by molar-refractivity contribution is 7.13. The third-order valence-electron chi connectivity index (χ3n) is 7.32. The van der Waals surface area contributed by atoms with Crippen molar-refractivity contribution in [2.75, 3.05) is 4.90 Å². The SMILES string of the molecule is Cc1cc(C)cc(N2C(=O)c3cc(-c4cccs4)nn3CC2(C)C(=O)NC2CCCCCCC2)c1. The second-order valence-electron chi connectivity index (χ2n) is 10.3. The average molecular weight is 491 g/mol. The van der Waals surface area contributed by atoms with Crippen LogP contribution in [-0.4, -0.2) is 33.2 Å². The summed E-state index contributed by atoms with van der Waals surface area (Å²) in [4.78, 5) is 30.7. The van der Waals surface area contributed by atoms with E-state index in [0.717, 1.165) is 53.1 Å². The van der Waals surface area contributed by atoms with Crippen molar-refractivity contribution < 1.29 is 9.59 Å². The van der Waals surface area contributed by atoms with Gasteiger partial charge >= 0.3 is 0 Å². The zero-order valence-corrected chi connectivity index (χ0v) is 21.7. The summed E-state index contributed by atoms with van der Waals surface area (Å²) < 4.78 is 1.73. The van der Waals surface area contributed by atoms with Crippen molar-refractivity contribution >= 4 is 28.8 Å². The molecule has 184 valence electrons. The molecule has 2 aromatic heterocycles. The molecule has 2 amide bonds. The van der Waals surface area contributed by atoms with E-state index in [4.69, 9.17) is 5.10 Å². The van der Waals surface area contributed by atoms with Gasteiger partial charge in [0.25, 0.3) is 5.91 Å². The van der Waals surface area contributed by atoms with Crippen LogP contribution < -0.4 is 10.2 Å². The summed E-state index contributed by atoms with van der Waals surface area (Å²) in [5.41, 5.74) is 3.08. The molecule has 0 saturated heterocycles. The van der Waals surface area contributed by atoms with Crippen LogP contribution in [0.25, 0.3) is 10.6 Å². The highest BCUT2D eigenvalue weighted by Crippen LogP contribution is 2.36. The lowest BCUT2D eigenvalue weighted by molar-refractivity contribution is -0.127. The summed E-state index contributed by atoms with van der Waals surface area (Å²) >= 11 is 1.59. The van der Waals surface area contributed by atoms with E-state index in [0.29, 0.717) is 12.2 Å². The molecule has 5 rings (SSSR count). The number of aromatic nitrogens is 2. The van der Waals surface area contributed by atoms with Crippen molar-refractivity contribution in [3.05, 3.63) is 58.6 Å². The van der Waals surface area contributed by atoms with Crippen LogP contribution in [0.4, 0.5) is 5.69 Å². The molecule has 0 radical (unpaired) electrons. The van der Waals surface area contributed by atoms with Crippen molar-refractivity contribution in [2.45, 2.75) is 83.8 Å². The number of fused-ring (bicyclic) bond motifs is 1.